The van der Waals surface area contributed by atoms with Gasteiger partial charge in [0.2, 0.25) is 0 Å². The fraction of sp³-hybridized carbons (Fsp3) is 0.143. The summed E-state index contributed by atoms with van der Waals surface area (Å²) >= 11 is 6.75. The molecule has 0 unspecified atom stereocenters. The Morgan fingerprint density at radius 1 is 1.36 bits per heavy atom. The molecule has 0 fully saturated rings. The number of hydrogen-bond acceptors (Lipinski definition) is 2. The summed E-state index contributed by atoms with van der Waals surface area (Å²) in [6, 6.07) is 5.84. The highest BCUT2D eigenvalue weighted by molar-refractivity contribution is 9.11. The lowest BCUT2D eigenvalue weighted by atomic mass is 10.3. The zero-order valence-electron chi connectivity index (χ0n) is 6.01. The Morgan fingerprint density at radius 3 is 2.45 bits per heavy atom. The average molecular weight is 280 g/mol. The van der Waals surface area contributed by atoms with E-state index in [0.29, 0.717) is 0 Å². The van der Waals surface area contributed by atoms with E-state index >= 15 is 0 Å². The van der Waals surface area contributed by atoms with Crippen LogP contribution in [-0.4, -0.2) is 7.05 Å². The van der Waals surface area contributed by atoms with E-state index < -0.39 is 0 Å². The van der Waals surface area contributed by atoms with E-state index in [4.69, 9.17) is 5.84 Å². The van der Waals surface area contributed by atoms with Gasteiger partial charge < -0.3 is 5.01 Å². The largest absolute Gasteiger partial charge is 0.313 e. The van der Waals surface area contributed by atoms with Crippen LogP contribution in [0.15, 0.2) is 27.1 Å². The van der Waals surface area contributed by atoms with Crippen molar-refractivity contribution in [2.75, 3.05) is 12.1 Å². The summed E-state index contributed by atoms with van der Waals surface area (Å²) in [5.41, 5.74) is 0.966. The lowest BCUT2D eigenvalue weighted by Crippen LogP contribution is -2.25. The number of hydrogen-bond donors (Lipinski definition) is 1. The SMILES string of the molecule is CN(N)c1ccc(Br)cc1Br. The number of anilines is 1. The monoisotopic (exact) mass is 278 g/mol. The zero-order valence-corrected chi connectivity index (χ0v) is 9.18. The Kier molecular flexibility index (Phi) is 2.92. The van der Waals surface area contributed by atoms with Gasteiger partial charge in [0.15, 0.2) is 0 Å². The molecule has 0 aromatic heterocycles. The third-order valence-corrected chi connectivity index (χ3v) is 2.42. The summed E-state index contributed by atoms with van der Waals surface area (Å²) in [6.07, 6.45) is 0. The van der Waals surface area contributed by atoms with E-state index in [-0.39, 0.29) is 0 Å². The number of benzene rings is 1. The average Bonchev–Trinajstić information content (AvgIpc) is 1.85. The normalized spacial score (nSPS) is 9.82. The van der Waals surface area contributed by atoms with Gasteiger partial charge in [-0.05, 0) is 34.1 Å². The second-order valence-corrected chi connectivity index (χ2v) is 3.98. The first-order chi connectivity index (χ1) is 5.11. The molecule has 4 heteroatoms. The fourth-order valence-electron chi connectivity index (χ4n) is 0.767. The molecule has 1 aromatic rings. The Morgan fingerprint density at radius 2 is 2.00 bits per heavy atom. The zero-order chi connectivity index (χ0) is 8.43. The molecule has 2 nitrogen and oxygen atoms in total. The van der Waals surface area contributed by atoms with Crippen LogP contribution in [0.2, 0.25) is 0 Å². The molecule has 0 radical (unpaired) electrons. The summed E-state index contributed by atoms with van der Waals surface area (Å²) in [6.45, 7) is 0. The Bertz CT molecular complexity index is 261. The first-order valence-corrected chi connectivity index (χ1v) is 4.63. The summed E-state index contributed by atoms with van der Waals surface area (Å²) < 4.78 is 2.02. The maximum atomic E-state index is 5.55. The second-order valence-electron chi connectivity index (χ2n) is 2.21. The minimum atomic E-state index is 0.966. The van der Waals surface area contributed by atoms with Gasteiger partial charge in [0.05, 0.1) is 5.69 Å². The van der Waals surface area contributed by atoms with Crippen LogP contribution in [0.4, 0.5) is 5.69 Å². The molecule has 0 aliphatic heterocycles. The maximum Gasteiger partial charge on any atom is 0.0656 e. The highest BCUT2D eigenvalue weighted by atomic mass is 79.9. The van der Waals surface area contributed by atoms with Crippen LogP contribution in [0.25, 0.3) is 0 Å². The lowest BCUT2D eigenvalue weighted by Gasteiger charge is -2.13. The van der Waals surface area contributed by atoms with Crippen molar-refractivity contribution in [1.82, 2.24) is 0 Å². The van der Waals surface area contributed by atoms with Gasteiger partial charge in [-0.3, -0.25) is 0 Å². The van der Waals surface area contributed by atoms with E-state index in [1.165, 1.54) is 0 Å². The second kappa shape index (κ2) is 3.56. The van der Waals surface area contributed by atoms with Crippen molar-refractivity contribution in [1.29, 1.82) is 0 Å². The summed E-state index contributed by atoms with van der Waals surface area (Å²) in [4.78, 5) is 0. The van der Waals surface area contributed by atoms with E-state index in [0.717, 1.165) is 14.6 Å². The molecule has 11 heavy (non-hydrogen) atoms. The quantitative estimate of drug-likeness (QED) is 0.632. The van der Waals surface area contributed by atoms with Gasteiger partial charge in [0.25, 0.3) is 0 Å². The number of nitrogens with zero attached hydrogens (tertiary/aromatic N) is 1. The maximum absolute atomic E-state index is 5.55. The Labute approximate surface area is 82.6 Å². The summed E-state index contributed by atoms with van der Waals surface area (Å²) in [5, 5.41) is 1.57. The standard InChI is InChI=1S/C7H8Br2N2/c1-11(10)7-3-2-5(8)4-6(7)9/h2-4H,10H2,1H3. The number of nitrogens with two attached hydrogens (primary N) is 1. The van der Waals surface area contributed by atoms with Crippen molar-refractivity contribution in [3.05, 3.63) is 27.1 Å². The van der Waals surface area contributed by atoms with E-state index in [1.807, 2.05) is 18.2 Å². The lowest BCUT2D eigenvalue weighted by molar-refractivity contribution is 1.01. The van der Waals surface area contributed by atoms with Crippen LogP contribution in [0, 0.1) is 0 Å². The van der Waals surface area contributed by atoms with Crippen LogP contribution in [0.5, 0.6) is 0 Å². The molecule has 0 spiro atoms. The van der Waals surface area contributed by atoms with Gasteiger partial charge in [-0.2, -0.15) is 0 Å². The Hall–Kier alpha value is -0.0600. The van der Waals surface area contributed by atoms with Gasteiger partial charge in [0, 0.05) is 16.0 Å². The molecular formula is C7H8Br2N2. The number of halogens is 2. The van der Waals surface area contributed by atoms with Gasteiger partial charge >= 0.3 is 0 Å². The number of hydrazine groups is 1. The van der Waals surface area contributed by atoms with Crippen LogP contribution in [-0.2, 0) is 0 Å². The first-order valence-electron chi connectivity index (χ1n) is 3.05. The summed E-state index contributed by atoms with van der Waals surface area (Å²) in [7, 11) is 1.80. The van der Waals surface area contributed by atoms with E-state index in [2.05, 4.69) is 31.9 Å². The van der Waals surface area contributed by atoms with Crippen LogP contribution in [0.3, 0.4) is 0 Å². The Balaban J connectivity index is 3.09. The van der Waals surface area contributed by atoms with Crippen molar-refractivity contribution < 1.29 is 0 Å². The predicted molar refractivity (Wildman–Crippen MR) is 54.4 cm³/mol. The molecule has 0 heterocycles. The molecule has 0 bridgehead atoms. The highest BCUT2D eigenvalue weighted by Gasteiger charge is 2.01. The van der Waals surface area contributed by atoms with Crippen molar-refractivity contribution in [2.45, 2.75) is 0 Å². The molecular weight excluding hydrogens is 272 g/mol. The van der Waals surface area contributed by atoms with Crippen molar-refractivity contribution >= 4 is 37.5 Å². The van der Waals surface area contributed by atoms with Crippen molar-refractivity contribution in [3.8, 4) is 0 Å². The smallest absolute Gasteiger partial charge is 0.0656 e. The topological polar surface area (TPSA) is 29.3 Å². The molecule has 2 N–H and O–H groups in total. The first kappa shape index (κ1) is 9.03. The van der Waals surface area contributed by atoms with Crippen molar-refractivity contribution in [3.63, 3.8) is 0 Å². The minimum absolute atomic E-state index is 0.966. The van der Waals surface area contributed by atoms with Gasteiger partial charge in [-0.1, -0.05) is 15.9 Å². The molecule has 0 saturated heterocycles. The van der Waals surface area contributed by atoms with Gasteiger partial charge in [-0.25, -0.2) is 5.84 Å². The summed E-state index contributed by atoms with van der Waals surface area (Å²) in [5.74, 6) is 5.55. The van der Waals surface area contributed by atoms with Crippen molar-refractivity contribution in [2.24, 2.45) is 5.84 Å². The minimum Gasteiger partial charge on any atom is -0.313 e. The molecule has 1 aromatic carbocycles. The number of rotatable bonds is 1. The fourth-order valence-corrected chi connectivity index (χ4v) is 2.09. The van der Waals surface area contributed by atoms with Gasteiger partial charge in [-0.15, -0.1) is 0 Å². The molecule has 60 valence electrons. The highest BCUT2D eigenvalue weighted by Crippen LogP contribution is 2.26. The molecule has 0 atom stereocenters. The van der Waals surface area contributed by atoms with E-state index in [1.54, 1.807) is 12.1 Å². The molecule has 0 aliphatic rings. The molecule has 0 amide bonds. The molecule has 0 aliphatic carbocycles. The molecule has 1 rings (SSSR count). The van der Waals surface area contributed by atoms with Crippen LogP contribution in [0.1, 0.15) is 0 Å². The molecule has 0 saturated carbocycles. The third kappa shape index (κ3) is 2.18. The third-order valence-electron chi connectivity index (χ3n) is 1.29. The predicted octanol–water partition coefficient (Wildman–Crippen LogP) is 2.52. The van der Waals surface area contributed by atoms with Crippen LogP contribution >= 0.6 is 31.9 Å². The van der Waals surface area contributed by atoms with Crippen LogP contribution < -0.4 is 10.9 Å². The van der Waals surface area contributed by atoms with Gasteiger partial charge in [0.1, 0.15) is 0 Å². The van der Waals surface area contributed by atoms with E-state index in [9.17, 15) is 0 Å².